The Labute approximate surface area is 127 Å². The summed E-state index contributed by atoms with van der Waals surface area (Å²) in [7, 11) is 0. The summed E-state index contributed by atoms with van der Waals surface area (Å²) in [5.74, 6) is 0.350. The Bertz CT molecular complexity index is 468. The Morgan fingerprint density at radius 1 is 1.29 bits per heavy atom. The van der Waals surface area contributed by atoms with Gasteiger partial charge in [0.1, 0.15) is 5.75 Å². The molecule has 2 saturated carbocycles. The molecule has 3 nitrogen and oxygen atoms in total. The molecular formula is C18H27NO2. The van der Waals surface area contributed by atoms with Crippen LogP contribution < -0.4 is 5.32 Å². The molecule has 3 heteroatoms. The highest BCUT2D eigenvalue weighted by atomic mass is 16.5. The topological polar surface area (TPSA) is 41.5 Å². The van der Waals surface area contributed by atoms with Crippen molar-refractivity contribution in [2.45, 2.75) is 64.1 Å². The lowest BCUT2D eigenvalue weighted by atomic mass is 9.55. The molecule has 0 heterocycles. The SMILES string of the molecule is CCO[C@@H]1C[C@@H](NCc2cccc(O)c2)C12CCCCC2. The van der Waals surface area contributed by atoms with Gasteiger partial charge < -0.3 is 15.2 Å². The Hall–Kier alpha value is -1.06. The predicted molar refractivity (Wildman–Crippen MR) is 84.3 cm³/mol. The molecule has 0 aromatic heterocycles. The minimum atomic E-state index is 0.350. The summed E-state index contributed by atoms with van der Waals surface area (Å²) in [4.78, 5) is 0. The van der Waals surface area contributed by atoms with Gasteiger partial charge in [-0.3, -0.25) is 0 Å². The van der Waals surface area contributed by atoms with Crippen LogP contribution in [0.3, 0.4) is 0 Å². The Balaban J connectivity index is 1.62. The van der Waals surface area contributed by atoms with E-state index in [0.29, 0.717) is 23.3 Å². The fourth-order valence-electron chi connectivity index (χ4n) is 4.26. The second-order valence-electron chi connectivity index (χ2n) is 6.58. The molecule has 116 valence electrons. The summed E-state index contributed by atoms with van der Waals surface area (Å²) in [5.41, 5.74) is 1.52. The first-order valence-electron chi connectivity index (χ1n) is 8.37. The fraction of sp³-hybridized carbons (Fsp3) is 0.667. The summed E-state index contributed by atoms with van der Waals surface area (Å²) in [6.45, 7) is 3.76. The first-order chi connectivity index (χ1) is 10.2. The van der Waals surface area contributed by atoms with Gasteiger partial charge >= 0.3 is 0 Å². The second kappa shape index (κ2) is 6.37. The maximum absolute atomic E-state index is 9.56. The van der Waals surface area contributed by atoms with Crippen LogP contribution in [0.15, 0.2) is 24.3 Å². The zero-order chi connectivity index (χ0) is 14.7. The number of rotatable bonds is 5. The number of hydrogen-bond acceptors (Lipinski definition) is 3. The van der Waals surface area contributed by atoms with Crippen LogP contribution in [-0.4, -0.2) is 23.9 Å². The third kappa shape index (κ3) is 2.95. The van der Waals surface area contributed by atoms with Crippen LogP contribution in [-0.2, 0) is 11.3 Å². The van der Waals surface area contributed by atoms with Crippen LogP contribution in [0.1, 0.15) is 51.0 Å². The number of nitrogens with one attached hydrogen (secondary N) is 1. The number of phenolic OH excluding ortho intramolecular Hbond substituents is 1. The summed E-state index contributed by atoms with van der Waals surface area (Å²) in [6.07, 6.45) is 8.24. The molecule has 0 bridgehead atoms. The Morgan fingerprint density at radius 3 is 2.81 bits per heavy atom. The van der Waals surface area contributed by atoms with Crippen molar-refractivity contribution in [3.05, 3.63) is 29.8 Å². The average Bonchev–Trinajstić information content (AvgIpc) is 2.51. The fourth-order valence-corrected chi connectivity index (χ4v) is 4.26. The van der Waals surface area contributed by atoms with E-state index >= 15 is 0 Å². The van der Waals surface area contributed by atoms with Crippen molar-refractivity contribution in [2.24, 2.45) is 5.41 Å². The minimum absolute atomic E-state index is 0.350. The number of hydrogen-bond donors (Lipinski definition) is 2. The van der Waals surface area contributed by atoms with Crippen molar-refractivity contribution >= 4 is 0 Å². The monoisotopic (exact) mass is 289 g/mol. The minimum Gasteiger partial charge on any atom is -0.508 e. The molecule has 2 fully saturated rings. The average molecular weight is 289 g/mol. The summed E-state index contributed by atoms with van der Waals surface area (Å²) in [5, 5.41) is 13.3. The van der Waals surface area contributed by atoms with Crippen molar-refractivity contribution in [2.75, 3.05) is 6.61 Å². The van der Waals surface area contributed by atoms with Crippen LogP contribution in [0.4, 0.5) is 0 Å². The first kappa shape index (κ1) is 14.9. The van der Waals surface area contributed by atoms with Gasteiger partial charge in [0.2, 0.25) is 0 Å². The standard InChI is InChI=1S/C18H27NO2/c1-2-21-17-12-16(18(17)9-4-3-5-10-18)19-13-14-7-6-8-15(20)11-14/h6-8,11,16-17,19-20H,2-5,9-10,12-13H2,1H3/t16-,17-/m1/s1. The van der Waals surface area contributed by atoms with E-state index in [1.165, 1.54) is 32.1 Å². The third-order valence-electron chi connectivity index (χ3n) is 5.40. The molecular weight excluding hydrogens is 262 g/mol. The largest absolute Gasteiger partial charge is 0.508 e. The highest BCUT2D eigenvalue weighted by Crippen LogP contribution is 2.53. The molecule has 1 aromatic rings. The van der Waals surface area contributed by atoms with Crippen LogP contribution in [0.2, 0.25) is 0 Å². The van der Waals surface area contributed by atoms with Gasteiger partial charge in [-0.05, 0) is 43.9 Å². The molecule has 0 saturated heterocycles. The molecule has 0 aliphatic heterocycles. The van der Waals surface area contributed by atoms with Crippen molar-refractivity contribution in [3.8, 4) is 5.75 Å². The molecule has 2 atom stereocenters. The molecule has 1 aromatic carbocycles. The van der Waals surface area contributed by atoms with Gasteiger partial charge in [-0.15, -0.1) is 0 Å². The molecule has 3 rings (SSSR count). The molecule has 1 spiro atoms. The van der Waals surface area contributed by atoms with Crippen molar-refractivity contribution in [1.29, 1.82) is 0 Å². The van der Waals surface area contributed by atoms with Gasteiger partial charge in [0.25, 0.3) is 0 Å². The van der Waals surface area contributed by atoms with Crippen LogP contribution in [0.25, 0.3) is 0 Å². The van der Waals surface area contributed by atoms with Gasteiger partial charge in [0.05, 0.1) is 6.10 Å². The smallest absolute Gasteiger partial charge is 0.115 e. The van der Waals surface area contributed by atoms with E-state index < -0.39 is 0 Å². The van der Waals surface area contributed by atoms with Crippen molar-refractivity contribution in [3.63, 3.8) is 0 Å². The van der Waals surface area contributed by atoms with E-state index in [1.54, 1.807) is 6.07 Å². The predicted octanol–water partition coefficient (Wildman–Crippen LogP) is 3.61. The lowest BCUT2D eigenvalue weighted by molar-refractivity contribution is -0.150. The summed E-state index contributed by atoms with van der Waals surface area (Å²) < 4.78 is 5.99. The molecule has 0 radical (unpaired) electrons. The summed E-state index contributed by atoms with van der Waals surface area (Å²) >= 11 is 0. The number of ether oxygens (including phenoxy) is 1. The molecule has 2 aliphatic rings. The van der Waals surface area contributed by atoms with Crippen molar-refractivity contribution in [1.82, 2.24) is 5.32 Å². The maximum Gasteiger partial charge on any atom is 0.115 e. The van der Waals surface area contributed by atoms with Crippen LogP contribution >= 0.6 is 0 Å². The van der Waals surface area contributed by atoms with Crippen LogP contribution in [0.5, 0.6) is 5.75 Å². The highest BCUT2D eigenvalue weighted by Gasteiger charge is 2.55. The van der Waals surface area contributed by atoms with Crippen LogP contribution in [0, 0.1) is 5.41 Å². The lowest BCUT2D eigenvalue weighted by Gasteiger charge is -2.58. The van der Waals surface area contributed by atoms with E-state index in [1.807, 2.05) is 12.1 Å². The van der Waals surface area contributed by atoms with Gasteiger partial charge in [0.15, 0.2) is 0 Å². The molecule has 2 N–H and O–H groups in total. The molecule has 21 heavy (non-hydrogen) atoms. The molecule has 0 amide bonds. The van der Waals surface area contributed by atoms with Gasteiger partial charge in [-0.25, -0.2) is 0 Å². The first-order valence-corrected chi connectivity index (χ1v) is 8.37. The lowest BCUT2D eigenvalue weighted by Crippen LogP contribution is -2.64. The van der Waals surface area contributed by atoms with E-state index in [4.69, 9.17) is 4.74 Å². The van der Waals surface area contributed by atoms with E-state index in [9.17, 15) is 5.11 Å². The Morgan fingerprint density at radius 2 is 2.10 bits per heavy atom. The second-order valence-corrected chi connectivity index (χ2v) is 6.58. The Kier molecular flexibility index (Phi) is 4.51. The van der Waals surface area contributed by atoms with E-state index in [2.05, 4.69) is 18.3 Å². The third-order valence-corrected chi connectivity index (χ3v) is 5.40. The highest BCUT2D eigenvalue weighted by molar-refractivity contribution is 5.27. The number of aromatic hydroxyl groups is 1. The zero-order valence-electron chi connectivity index (χ0n) is 13.0. The van der Waals surface area contributed by atoms with Gasteiger partial charge in [0, 0.05) is 24.6 Å². The van der Waals surface area contributed by atoms with E-state index in [-0.39, 0.29) is 0 Å². The quantitative estimate of drug-likeness (QED) is 0.870. The van der Waals surface area contributed by atoms with Gasteiger partial charge in [-0.2, -0.15) is 0 Å². The zero-order valence-corrected chi connectivity index (χ0v) is 13.0. The number of phenols is 1. The normalized spacial score (nSPS) is 27.5. The molecule has 2 aliphatic carbocycles. The molecule has 0 unspecified atom stereocenters. The maximum atomic E-state index is 9.56. The van der Waals surface area contributed by atoms with E-state index in [0.717, 1.165) is 25.1 Å². The van der Waals surface area contributed by atoms with Crippen molar-refractivity contribution < 1.29 is 9.84 Å². The summed E-state index contributed by atoms with van der Waals surface area (Å²) in [6, 6.07) is 8.11. The van der Waals surface area contributed by atoms with Gasteiger partial charge in [-0.1, -0.05) is 31.4 Å². The number of benzene rings is 1.